The predicted molar refractivity (Wildman–Crippen MR) is 88.0 cm³/mol. The van der Waals surface area contributed by atoms with Crippen molar-refractivity contribution < 1.29 is 4.74 Å². The maximum Gasteiger partial charge on any atom is 0.0470 e. The minimum Gasteiger partial charge on any atom is -0.385 e. The van der Waals surface area contributed by atoms with Gasteiger partial charge in [0.15, 0.2) is 0 Å². The van der Waals surface area contributed by atoms with Crippen molar-refractivity contribution in [1.29, 1.82) is 0 Å². The number of nitrogens with one attached hydrogen (secondary N) is 1. The molecule has 0 aliphatic carbocycles. The Morgan fingerprint density at radius 3 is 2.63 bits per heavy atom. The third kappa shape index (κ3) is 7.35. The van der Waals surface area contributed by atoms with Crippen molar-refractivity contribution in [3.63, 3.8) is 0 Å². The number of benzene rings is 1. The Morgan fingerprint density at radius 2 is 2.05 bits per heavy atom. The second kappa shape index (κ2) is 8.30. The highest BCUT2D eigenvalue weighted by Gasteiger charge is 2.09. The number of rotatable bonds is 7. The number of methoxy groups -OCH3 is 1. The third-order valence-corrected chi connectivity index (χ3v) is 4.65. The average molecular weight is 346 g/mol. The van der Waals surface area contributed by atoms with Crippen molar-refractivity contribution in [1.82, 2.24) is 5.32 Å². The van der Waals surface area contributed by atoms with Gasteiger partial charge in [-0.15, -0.1) is 11.8 Å². The Labute approximate surface area is 129 Å². The van der Waals surface area contributed by atoms with Crippen LogP contribution in [-0.4, -0.2) is 25.0 Å². The lowest BCUT2D eigenvalue weighted by atomic mass is 10.1. The molecule has 0 fully saturated rings. The Balaban J connectivity index is 2.49. The molecule has 19 heavy (non-hydrogen) atoms. The smallest absolute Gasteiger partial charge is 0.0470 e. The zero-order valence-corrected chi connectivity index (χ0v) is 14.7. The molecule has 1 aromatic carbocycles. The van der Waals surface area contributed by atoms with Gasteiger partial charge < -0.3 is 10.1 Å². The van der Waals surface area contributed by atoms with Crippen LogP contribution in [0.1, 0.15) is 32.8 Å². The fraction of sp³-hybridized carbons (Fsp3) is 0.600. The Morgan fingerprint density at radius 1 is 1.32 bits per heavy atom. The fourth-order valence-electron chi connectivity index (χ4n) is 1.52. The van der Waals surface area contributed by atoms with Crippen LogP contribution in [0.25, 0.3) is 0 Å². The third-order valence-electron chi connectivity index (χ3n) is 2.57. The predicted octanol–water partition coefficient (Wildman–Crippen LogP) is 4.47. The van der Waals surface area contributed by atoms with E-state index in [1.807, 2.05) is 11.8 Å². The number of hydrogen-bond donors (Lipinski definition) is 1. The summed E-state index contributed by atoms with van der Waals surface area (Å²) in [7, 11) is 1.75. The molecule has 1 rings (SSSR count). The first-order chi connectivity index (χ1) is 8.92. The van der Waals surface area contributed by atoms with E-state index in [-0.39, 0.29) is 5.54 Å². The molecule has 0 spiro atoms. The van der Waals surface area contributed by atoms with E-state index in [1.54, 1.807) is 7.11 Å². The Kier molecular flexibility index (Phi) is 7.44. The van der Waals surface area contributed by atoms with Gasteiger partial charge in [0.2, 0.25) is 0 Å². The first-order valence-corrected chi connectivity index (χ1v) is 8.35. The fourth-order valence-corrected chi connectivity index (χ4v) is 3.14. The second-order valence-corrected chi connectivity index (χ2v) is 7.55. The van der Waals surface area contributed by atoms with Gasteiger partial charge in [-0.3, -0.25) is 0 Å². The number of halogens is 1. The van der Waals surface area contributed by atoms with Crippen molar-refractivity contribution in [2.24, 2.45) is 0 Å². The maximum absolute atomic E-state index is 5.06. The van der Waals surface area contributed by atoms with Gasteiger partial charge in [0.1, 0.15) is 0 Å². The van der Waals surface area contributed by atoms with Crippen molar-refractivity contribution >= 4 is 27.7 Å². The molecule has 0 saturated heterocycles. The molecule has 2 nitrogen and oxygen atoms in total. The molecule has 0 heterocycles. The number of hydrogen-bond acceptors (Lipinski definition) is 3. The van der Waals surface area contributed by atoms with Crippen LogP contribution in [0, 0.1) is 0 Å². The molecule has 4 heteroatoms. The van der Waals surface area contributed by atoms with E-state index in [1.165, 1.54) is 14.9 Å². The highest BCUT2D eigenvalue weighted by atomic mass is 79.9. The van der Waals surface area contributed by atoms with E-state index in [2.05, 4.69) is 60.2 Å². The summed E-state index contributed by atoms with van der Waals surface area (Å²) in [5.74, 6) is 1.09. The lowest BCUT2D eigenvalue weighted by molar-refractivity contribution is 0.200. The highest BCUT2D eigenvalue weighted by Crippen LogP contribution is 2.29. The van der Waals surface area contributed by atoms with E-state index < -0.39 is 0 Å². The molecule has 0 bridgehead atoms. The topological polar surface area (TPSA) is 21.3 Å². The molecule has 1 aromatic rings. The molecule has 0 radical (unpaired) electrons. The van der Waals surface area contributed by atoms with Gasteiger partial charge in [-0.1, -0.05) is 6.07 Å². The second-order valence-electron chi connectivity index (χ2n) is 5.56. The van der Waals surface area contributed by atoms with Crippen LogP contribution >= 0.6 is 27.7 Å². The van der Waals surface area contributed by atoms with Crippen molar-refractivity contribution in [2.75, 3.05) is 19.5 Å². The van der Waals surface area contributed by atoms with Gasteiger partial charge in [0.05, 0.1) is 0 Å². The SMILES string of the molecule is COCCCSc1ccc(CNC(C)(C)C)cc1Br. The normalized spacial score (nSPS) is 11.8. The summed E-state index contributed by atoms with van der Waals surface area (Å²) < 4.78 is 6.24. The molecule has 0 saturated carbocycles. The number of ether oxygens (including phenoxy) is 1. The van der Waals surface area contributed by atoms with E-state index in [0.717, 1.165) is 25.3 Å². The van der Waals surface area contributed by atoms with Crippen molar-refractivity contribution in [2.45, 2.75) is 44.2 Å². The average Bonchev–Trinajstić information content (AvgIpc) is 2.33. The highest BCUT2D eigenvalue weighted by molar-refractivity contribution is 9.10. The largest absolute Gasteiger partial charge is 0.385 e. The molecule has 108 valence electrons. The van der Waals surface area contributed by atoms with Crippen LogP contribution in [0.3, 0.4) is 0 Å². The van der Waals surface area contributed by atoms with Crippen LogP contribution in [0.4, 0.5) is 0 Å². The van der Waals surface area contributed by atoms with E-state index in [0.29, 0.717) is 0 Å². The molecule has 1 N–H and O–H groups in total. The first-order valence-electron chi connectivity index (χ1n) is 6.57. The molecular weight excluding hydrogens is 322 g/mol. The minimum absolute atomic E-state index is 0.153. The Bertz CT molecular complexity index is 390. The van der Waals surface area contributed by atoms with Gasteiger partial charge in [-0.05, 0) is 60.8 Å². The molecule has 0 atom stereocenters. The monoisotopic (exact) mass is 345 g/mol. The standard InChI is InChI=1S/C15H24BrNOS/c1-15(2,3)17-11-12-6-7-14(13(16)10-12)19-9-5-8-18-4/h6-7,10,17H,5,8-9,11H2,1-4H3. The van der Waals surface area contributed by atoms with Crippen LogP contribution in [0.5, 0.6) is 0 Å². The molecule has 0 unspecified atom stereocenters. The van der Waals surface area contributed by atoms with Crippen LogP contribution in [0.15, 0.2) is 27.6 Å². The van der Waals surface area contributed by atoms with Gasteiger partial charge in [-0.25, -0.2) is 0 Å². The van der Waals surface area contributed by atoms with Crippen molar-refractivity contribution in [3.05, 3.63) is 28.2 Å². The summed E-state index contributed by atoms with van der Waals surface area (Å²) in [5, 5.41) is 3.50. The van der Waals surface area contributed by atoms with Crippen LogP contribution in [0.2, 0.25) is 0 Å². The quantitative estimate of drug-likeness (QED) is 0.582. The summed E-state index contributed by atoms with van der Waals surface area (Å²) in [6, 6.07) is 6.60. The molecular formula is C15H24BrNOS. The first kappa shape index (κ1) is 17.0. The molecule has 0 aliphatic heterocycles. The lowest BCUT2D eigenvalue weighted by Gasteiger charge is -2.20. The summed E-state index contributed by atoms with van der Waals surface area (Å²) in [6.07, 6.45) is 1.08. The van der Waals surface area contributed by atoms with Crippen molar-refractivity contribution in [3.8, 4) is 0 Å². The van der Waals surface area contributed by atoms with Gasteiger partial charge in [-0.2, -0.15) is 0 Å². The molecule has 0 aromatic heterocycles. The molecule has 0 amide bonds. The van der Waals surface area contributed by atoms with E-state index in [4.69, 9.17) is 4.74 Å². The summed E-state index contributed by atoms with van der Waals surface area (Å²) >= 11 is 5.53. The molecule has 0 aliphatic rings. The van der Waals surface area contributed by atoms with Gasteiger partial charge in [0, 0.05) is 40.9 Å². The minimum atomic E-state index is 0.153. The van der Waals surface area contributed by atoms with E-state index in [9.17, 15) is 0 Å². The number of thioether (sulfide) groups is 1. The van der Waals surface area contributed by atoms with Gasteiger partial charge in [0.25, 0.3) is 0 Å². The summed E-state index contributed by atoms with van der Waals surface area (Å²) in [4.78, 5) is 1.30. The zero-order chi connectivity index (χ0) is 14.3. The maximum atomic E-state index is 5.06. The Hall–Kier alpha value is -0.0300. The van der Waals surface area contributed by atoms with Crippen LogP contribution < -0.4 is 5.32 Å². The van der Waals surface area contributed by atoms with E-state index >= 15 is 0 Å². The lowest BCUT2D eigenvalue weighted by Crippen LogP contribution is -2.35. The van der Waals surface area contributed by atoms with Crippen LogP contribution in [-0.2, 0) is 11.3 Å². The zero-order valence-electron chi connectivity index (χ0n) is 12.3. The summed E-state index contributed by atoms with van der Waals surface area (Å²) in [6.45, 7) is 8.28. The van der Waals surface area contributed by atoms with Gasteiger partial charge >= 0.3 is 0 Å². The summed E-state index contributed by atoms with van der Waals surface area (Å²) in [5.41, 5.74) is 1.46.